The van der Waals surface area contributed by atoms with E-state index in [-0.39, 0.29) is 30.1 Å². The smallest absolute Gasteiger partial charge is 0.332 e. The van der Waals surface area contributed by atoms with Crippen molar-refractivity contribution in [3.63, 3.8) is 0 Å². The number of Topliss-reactive ketones (excluding diaryl/α,β-unsaturated/α-hetero) is 1. The number of hydrogen-bond donors (Lipinski definition) is 1. The molecule has 2 fully saturated rings. The molecular formula is C21H28N4O7. The van der Waals surface area contributed by atoms with E-state index in [2.05, 4.69) is 0 Å². The number of likely N-dealkylation sites (tertiary alicyclic amines) is 1. The summed E-state index contributed by atoms with van der Waals surface area (Å²) in [5, 5.41) is 0. The second-order valence-electron chi connectivity index (χ2n) is 8.76. The van der Waals surface area contributed by atoms with E-state index in [1.54, 1.807) is 0 Å². The van der Waals surface area contributed by atoms with Crippen molar-refractivity contribution in [1.29, 1.82) is 0 Å². The van der Waals surface area contributed by atoms with E-state index in [9.17, 15) is 28.8 Å². The van der Waals surface area contributed by atoms with Crippen LogP contribution in [0.4, 0.5) is 5.82 Å². The van der Waals surface area contributed by atoms with Gasteiger partial charge in [-0.2, -0.15) is 0 Å². The van der Waals surface area contributed by atoms with Crippen LogP contribution in [0.15, 0.2) is 9.59 Å². The van der Waals surface area contributed by atoms with Crippen molar-refractivity contribution in [2.24, 2.45) is 24.8 Å². The molecule has 1 aromatic heterocycles. The van der Waals surface area contributed by atoms with E-state index in [1.165, 1.54) is 7.05 Å². The van der Waals surface area contributed by atoms with E-state index >= 15 is 0 Å². The number of ketones is 1. The molecule has 2 amide bonds. The van der Waals surface area contributed by atoms with Crippen molar-refractivity contribution in [2.45, 2.75) is 46.1 Å². The molecule has 2 aliphatic rings. The minimum absolute atomic E-state index is 0.0208. The third-order valence-electron chi connectivity index (χ3n) is 5.99. The highest BCUT2D eigenvalue weighted by molar-refractivity contribution is 6.07. The summed E-state index contributed by atoms with van der Waals surface area (Å²) >= 11 is 0. The second-order valence-corrected chi connectivity index (χ2v) is 8.76. The summed E-state index contributed by atoms with van der Waals surface area (Å²) in [6.07, 6.45) is 2.96. The summed E-state index contributed by atoms with van der Waals surface area (Å²) in [5.74, 6) is -3.64. The van der Waals surface area contributed by atoms with Gasteiger partial charge in [0, 0.05) is 13.6 Å². The molecule has 0 radical (unpaired) electrons. The lowest BCUT2D eigenvalue weighted by atomic mass is 9.81. The van der Waals surface area contributed by atoms with Crippen molar-refractivity contribution >= 4 is 29.4 Å². The van der Waals surface area contributed by atoms with Crippen molar-refractivity contribution in [3.8, 4) is 0 Å². The lowest BCUT2D eigenvalue weighted by Crippen LogP contribution is -2.44. The Balaban J connectivity index is 1.71. The maximum atomic E-state index is 12.6. The van der Waals surface area contributed by atoms with Crippen LogP contribution in [0.25, 0.3) is 0 Å². The zero-order valence-electron chi connectivity index (χ0n) is 18.5. The molecule has 2 N–H and O–H groups in total. The van der Waals surface area contributed by atoms with Crippen LogP contribution in [0, 0.1) is 17.8 Å². The molecule has 174 valence electrons. The number of imide groups is 1. The van der Waals surface area contributed by atoms with Crippen molar-refractivity contribution in [1.82, 2.24) is 14.0 Å². The van der Waals surface area contributed by atoms with Gasteiger partial charge in [0.1, 0.15) is 17.9 Å². The topological polar surface area (TPSA) is 151 Å². The molecule has 32 heavy (non-hydrogen) atoms. The molecule has 2 unspecified atom stereocenters. The fourth-order valence-corrected chi connectivity index (χ4v) is 4.37. The summed E-state index contributed by atoms with van der Waals surface area (Å²) in [7, 11) is 1.23. The van der Waals surface area contributed by atoms with Crippen LogP contribution >= 0.6 is 0 Å². The number of anilines is 1. The van der Waals surface area contributed by atoms with E-state index in [1.807, 2.05) is 13.8 Å². The fourth-order valence-electron chi connectivity index (χ4n) is 4.37. The van der Waals surface area contributed by atoms with E-state index in [0.29, 0.717) is 12.8 Å². The number of nitrogens with zero attached hydrogens (tertiary/aromatic N) is 3. The minimum atomic E-state index is -0.940. The van der Waals surface area contributed by atoms with Crippen molar-refractivity contribution in [3.05, 3.63) is 26.4 Å². The Kier molecular flexibility index (Phi) is 6.65. The maximum absolute atomic E-state index is 12.6. The Morgan fingerprint density at radius 3 is 2.16 bits per heavy atom. The molecule has 0 aromatic carbocycles. The zero-order valence-corrected chi connectivity index (χ0v) is 18.5. The Labute approximate surface area is 184 Å². The molecule has 1 saturated heterocycles. The molecule has 0 spiro atoms. The van der Waals surface area contributed by atoms with Gasteiger partial charge in [-0.1, -0.05) is 26.7 Å². The van der Waals surface area contributed by atoms with Gasteiger partial charge in [-0.25, -0.2) is 4.79 Å². The number of carbonyl (C=O) groups excluding carboxylic acids is 4. The Morgan fingerprint density at radius 2 is 1.62 bits per heavy atom. The molecule has 2 atom stereocenters. The maximum Gasteiger partial charge on any atom is 0.332 e. The number of aromatic nitrogens is 2. The van der Waals surface area contributed by atoms with E-state index < -0.39 is 53.6 Å². The summed E-state index contributed by atoms with van der Waals surface area (Å²) in [6.45, 7) is 2.49. The van der Waals surface area contributed by atoms with Gasteiger partial charge in [0.2, 0.25) is 17.6 Å². The van der Waals surface area contributed by atoms with Gasteiger partial charge in [0.05, 0.1) is 11.8 Å². The number of nitrogens with two attached hydrogens (primary N) is 1. The highest BCUT2D eigenvalue weighted by Crippen LogP contribution is 2.37. The first-order valence-corrected chi connectivity index (χ1v) is 10.7. The monoisotopic (exact) mass is 448 g/mol. The molecule has 1 aliphatic heterocycles. The zero-order chi connectivity index (χ0) is 23.7. The Bertz CT molecular complexity index is 1060. The van der Waals surface area contributed by atoms with Crippen LogP contribution in [-0.2, 0) is 32.7 Å². The quantitative estimate of drug-likeness (QED) is 0.339. The molecule has 11 nitrogen and oxygen atoms in total. The number of hydrogen-bond acceptors (Lipinski definition) is 8. The van der Waals surface area contributed by atoms with Crippen LogP contribution in [0.3, 0.4) is 0 Å². The van der Waals surface area contributed by atoms with Crippen LogP contribution < -0.4 is 17.0 Å². The molecule has 2 heterocycles. The lowest BCUT2D eigenvalue weighted by molar-refractivity contribution is -0.152. The van der Waals surface area contributed by atoms with Gasteiger partial charge in [-0.3, -0.25) is 38.0 Å². The SMILES string of the molecule is CC(C)Cn1c(N)c(C(=O)COC(=O)CN2C(=O)C3CCCCC3C2=O)c(=O)n(C)c1=O. The predicted octanol–water partition coefficient (Wildman–Crippen LogP) is -0.314. The average molecular weight is 448 g/mol. The summed E-state index contributed by atoms with van der Waals surface area (Å²) < 4.78 is 6.85. The third-order valence-corrected chi connectivity index (χ3v) is 5.99. The first-order valence-electron chi connectivity index (χ1n) is 10.7. The van der Waals surface area contributed by atoms with Gasteiger partial charge in [-0.15, -0.1) is 0 Å². The van der Waals surface area contributed by atoms with Crippen LogP contribution in [0.2, 0.25) is 0 Å². The standard InChI is InChI=1S/C21H28N4O7/c1-11(2)8-24-17(22)16(20(30)23(3)21(24)31)14(26)10-32-15(27)9-25-18(28)12-6-4-5-7-13(12)19(25)29/h11-13H,4-10,22H2,1-3H3. The average Bonchev–Trinajstić information content (AvgIpc) is 2.99. The molecular weight excluding hydrogens is 420 g/mol. The van der Waals surface area contributed by atoms with E-state index in [4.69, 9.17) is 10.5 Å². The molecule has 1 aromatic rings. The van der Waals surface area contributed by atoms with Crippen LogP contribution in [-0.4, -0.2) is 50.8 Å². The number of carbonyl (C=O) groups is 4. The number of rotatable bonds is 7. The van der Waals surface area contributed by atoms with Crippen molar-refractivity contribution in [2.75, 3.05) is 18.9 Å². The third kappa shape index (κ3) is 4.23. The molecule has 11 heteroatoms. The Morgan fingerprint density at radius 1 is 1.06 bits per heavy atom. The highest BCUT2D eigenvalue weighted by atomic mass is 16.5. The number of ether oxygens (including phenoxy) is 1. The fraction of sp³-hybridized carbons (Fsp3) is 0.619. The van der Waals surface area contributed by atoms with Gasteiger partial charge < -0.3 is 10.5 Å². The number of fused-ring (bicyclic) bond motifs is 1. The Hall–Kier alpha value is -3.24. The van der Waals surface area contributed by atoms with Gasteiger partial charge in [0.15, 0.2) is 6.61 Å². The highest BCUT2D eigenvalue weighted by Gasteiger charge is 2.48. The summed E-state index contributed by atoms with van der Waals surface area (Å²) in [6, 6.07) is 0. The normalized spacial score (nSPS) is 20.6. The molecule has 3 rings (SSSR count). The molecule has 1 saturated carbocycles. The largest absolute Gasteiger partial charge is 0.456 e. The van der Waals surface area contributed by atoms with Gasteiger partial charge in [0.25, 0.3) is 5.56 Å². The number of nitrogen functional groups attached to an aromatic ring is 1. The van der Waals surface area contributed by atoms with Gasteiger partial charge >= 0.3 is 11.7 Å². The van der Waals surface area contributed by atoms with Gasteiger partial charge in [-0.05, 0) is 18.8 Å². The first-order chi connectivity index (χ1) is 15.0. The molecule has 0 bridgehead atoms. The lowest BCUT2D eigenvalue weighted by Gasteiger charge is -2.19. The number of esters is 1. The van der Waals surface area contributed by atoms with E-state index in [0.717, 1.165) is 26.9 Å². The predicted molar refractivity (Wildman–Crippen MR) is 113 cm³/mol. The minimum Gasteiger partial charge on any atom is -0.456 e. The second kappa shape index (κ2) is 9.09. The van der Waals surface area contributed by atoms with Crippen molar-refractivity contribution < 1.29 is 23.9 Å². The first kappa shape index (κ1) is 23.4. The van der Waals surface area contributed by atoms with Crippen LogP contribution in [0.5, 0.6) is 0 Å². The summed E-state index contributed by atoms with van der Waals surface area (Å²) in [5.41, 5.74) is 3.95. The van der Waals surface area contributed by atoms with Crippen LogP contribution in [0.1, 0.15) is 49.9 Å². The number of amides is 2. The molecule has 1 aliphatic carbocycles. The summed E-state index contributed by atoms with van der Waals surface area (Å²) in [4.78, 5) is 75.5.